The Bertz CT molecular complexity index is 1160. The maximum Gasteiger partial charge on any atom is 0.421 e. The molecule has 36 heavy (non-hydrogen) atoms. The number of thiophene rings is 1. The Morgan fingerprint density at radius 1 is 1.08 bits per heavy atom. The van der Waals surface area contributed by atoms with Gasteiger partial charge < -0.3 is 14.8 Å². The summed E-state index contributed by atoms with van der Waals surface area (Å²) in [6.07, 6.45) is 1.14. The van der Waals surface area contributed by atoms with Gasteiger partial charge in [0.2, 0.25) is 0 Å². The fourth-order valence-corrected chi connectivity index (χ4v) is 6.12. The minimum atomic E-state index is -4.16. The predicted molar refractivity (Wildman–Crippen MR) is 138 cm³/mol. The average Bonchev–Trinajstić information content (AvgIpc) is 3.23. The van der Waals surface area contributed by atoms with E-state index in [1.54, 1.807) is 19.1 Å². The molecule has 2 rings (SSSR count). The number of benzene rings is 1. The van der Waals surface area contributed by atoms with Crippen LogP contribution in [0.3, 0.4) is 0 Å². The highest BCUT2D eigenvalue weighted by molar-refractivity contribution is 7.92. The molecule has 0 spiro atoms. The van der Waals surface area contributed by atoms with Gasteiger partial charge in [0.15, 0.2) is 0 Å². The Morgan fingerprint density at radius 2 is 1.83 bits per heavy atom. The van der Waals surface area contributed by atoms with Gasteiger partial charge in [-0.2, -0.15) is 0 Å². The molecule has 198 valence electrons. The first kappa shape index (κ1) is 29.5. The fraction of sp³-hybridized carbons (Fsp3) is 0.480. The van der Waals surface area contributed by atoms with Crippen molar-refractivity contribution in [2.75, 3.05) is 19.8 Å². The van der Waals surface area contributed by atoms with Crippen LogP contribution in [-0.2, 0) is 42.1 Å². The first-order chi connectivity index (χ1) is 17.1. The van der Waals surface area contributed by atoms with Crippen LogP contribution < -0.4 is 10.0 Å². The van der Waals surface area contributed by atoms with Crippen molar-refractivity contribution in [2.45, 2.75) is 57.7 Å². The number of Topliss-reactive ketones (excluding diaryl/α,β-unsaturated/α-hetero) is 1. The van der Waals surface area contributed by atoms with E-state index in [0.29, 0.717) is 29.9 Å². The number of carbonyl (C=O) groups excluding carboxylic acids is 3. The summed E-state index contributed by atoms with van der Waals surface area (Å²) in [5, 5.41) is 2.91. The van der Waals surface area contributed by atoms with Crippen molar-refractivity contribution in [3.8, 4) is 11.1 Å². The molecule has 11 heteroatoms. The normalized spacial score (nSPS) is 11.4. The summed E-state index contributed by atoms with van der Waals surface area (Å²) in [6, 6.07) is 9.03. The summed E-state index contributed by atoms with van der Waals surface area (Å²) in [6.45, 7) is 8.02. The third-order valence-corrected chi connectivity index (χ3v) is 7.91. The number of rotatable bonds is 14. The van der Waals surface area contributed by atoms with E-state index in [4.69, 9.17) is 4.74 Å². The lowest BCUT2D eigenvalue weighted by Crippen LogP contribution is -2.31. The second kappa shape index (κ2) is 14.1. The molecular formula is C25H34N2O7S2. The molecule has 0 saturated carbocycles. The molecule has 1 aromatic heterocycles. The van der Waals surface area contributed by atoms with Crippen molar-refractivity contribution < 1.29 is 32.3 Å². The Morgan fingerprint density at radius 3 is 2.50 bits per heavy atom. The molecule has 0 saturated heterocycles. The lowest BCUT2D eigenvalue weighted by atomic mass is 10.0. The predicted octanol–water partition coefficient (Wildman–Crippen LogP) is 4.05. The van der Waals surface area contributed by atoms with E-state index in [-0.39, 0.29) is 30.5 Å². The molecule has 0 radical (unpaired) electrons. The number of hydrogen-bond acceptors (Lipinski definition) is 9. The second-order valence-corrected chi connectivity index (χ2v) is 11.6. The van der Waals surface area contributed by atoms with Gasteiger partial charge in [0.1, 0.15) is 4.21 Å². The number of hydrogen-bond donors (Lipinski definition) is 2. The third kappa shape index (κ3) is 9.03. The van der Waals surface area contributed by atoms with Gasteiger partial charge in [-0.05, 0) is 48.9 Å². The zero-order valence-corrected chi connectivity index (χ0v) is 22.7. The molecule has 1 amide bonds. The van der Waals surface area contributed by atoms with Crippen molar-refractivity contribution in [3.63, 3.8) is 0 Å². The monoisotopic (exact) mass is 538 g/mol. The Kier molecular flexibility index (Phi) is 11.5. The maximum atomic E-state index is 13.1. The Balaban J connectivity index is 2.26. The molecule has 0 atom stereocenters. The van der Waals surface area contributed by atoms with Crippen LogP contribution in [-0.4, -0.2) is 46.0 Å². The van der Waals surface area contributed by atoms with Gasteiger partial charge in [0.05, 0.1) is 19.8 Å². The molecule has 0 bridgehead atoms. The second-order valence-electron chi connectivity index (χ2n) is 8.55. The number of unbranched alkanes of at least 4 members (excludes halogenated alkanes) is 1. The molecule has 1 heterocycles. The molecular weight excluding hydrogens is 504 g/mol. The zero-order chi connectivity index (χ0) is 26.7. The lowest BCUT2D eigenvalue weighted by Gasteiger charge is -2.10. The van der Waals surface area contributed by atoms with Crippen LogP contribution in [0.4, 0.5) is 4.79 Å². The highest BCUT2D eigenvalue weighted by Gasteiger charge is 2.26. The highest BCUT2D eigenvalue weighted by Crippen LogP contribution is 2.36. The average molecular weight is 539 g/mol. The van der Waals surface area contributed by atoms with Crippen LogP contribution in [0.2, 0.25) is 0 Å². The minimum Gasteiger partial charge on any atom is -0.460 e. The van der Waals surface area contributed by atoms with E-state index in [0.717, 1.165) is 28.2 Å². The third-order valence-electron chi connectivity index (χ3n) is 4.91. The van der Waals surface area contributed by atoms with Crippen LogP contribution in [0.1, 0.15) is 51.0 Å². The van der Waals surface area contributed by atoms with Crippen molar-refractivity contribution in [1.82, 2.24) is 10.0 Å². The molecule has 0 aliphatic carbocycles. The van der Waals surface area contributed by atoms with E-state index in [1.165, 1.54) is 0 Å². The molecule has 0 aliphatic heterocycles. The number of esters is 1. The van der Waals surface area contributed by atoms with E-state index in [9.17, 15) is 22.8 Å². The summed E-state index contributed by atoms with van der Waals surface area (Å²) in [5.41, 5.74) is 1.92. The maximum absolute atomic E-state index is 13.1. The SMILES string of the molecule is CCCCOC(=O)NS(=O)(=O)c1sc(CC(C)C)cc1-c1cccc(CNCC(=O)C(=O)OCC)c1. The van der Waals surface area contributed by atoms with Crippen molar-refractivity contribution in [1.29, 1.82) is 0 Å². The first-order valence-electron chi connectivity index (χ1n) is 11.9. The van der Waals surface area contributed by atoms with Crippen molar-refractivity contribution in [3.05, 3.63) is 40.8 Å². The van der Waals surface area contributed by atoms with E-state index < -0.39 is 27.9 Å². The van der Waals surface area contributed by atoms with E-state index in [2.05, 4.69) is 10.1 Å². The van der Waals surface area contributed by atoms with Gasteiger partial charge >= 0.3 is 12.1 Å². The highest BCUT2D eigenvalue weighted by atomic mass is 32.2. The van der Waals surface area contributed by atoms with Crippen molar-refractivity contribution >= 4 is 39.2 Å². The number of amides is 1. The molecule has 0 fully saturated rings. The van der Waals surface area contributed by atoms with Gasteiger partial charge in [0.25, 0.3) is 15.8 Å². The quantitative estimate of drug-likeness (QED) is 0.209. The van der Waals surface area contributed by atoms with Crippen LogP contribution >= 0.6 is 11.3 Å². The van der Waals surface area contributed by atoms with Crippen LogP contribution in [0, 0.1) is 5.92 Å². The molecule has 0 unspecified atom stereocenters. The summed E-state index contributed by atoms with van der Waals surface area (Å²) in [7, 11) is -4.16. The largest absolute Gasteiger partial charge is 0.460 e. The molecule has 9 nitrogen and oxygen atoms in total. The minimum absolute atomic E-state index is 0.0354. The lowest BCUT2D eigenvalue weighted by molar-refractivity contribution is -0.153. The Hall–Kier alpha value is -2.76. The van der Waals surface area contributed by atoms with Crippen LogP contribution in [0.5, 0.6) is 0 Å². The zero-order valence-electron chi connectivity index (χ0n) is 21.1. The topological polar surface area (TPSA) is 128 Å². The number of carbonyl (C=O) groups is 3. The number of nitrogens with one attached hydrogen (secondary N) is 2. The van der Waals surface area contributed by atoms with Crippen molar-refractivity contribution in [2.24, 2.45) is 5.92 Å². The summed E-state index contributed by atoms with van der Waals surface area (Å²) in [4.78, 5) is 36.2. The molecule has 2 aromatic rings. The number of sulfonamides is 1. The van der Waals surface area contributed by atoms with Gasteiger partial charge in [-0.15, -0.1) is 11.3 Å². The van der Waals surface area contributed by atoms with Gasteiger partial charge in [-0.1, -0.05) is 45.4 Å². The first-order valence-corrected chi connectivity index (χ1v) is 14.2. The summed E-state index contributed by atoms with van der Waals surface area (Å²) >= 11 is 1.13. The molecule has 0 aliphatic rings. The van der Waals surface area contributed by atoms with E-state index in [1.807, 2.05) is 43.7 Å². The molecule has 1 aromatic carbocycles. The van der Waals surface area contributed by atoms with Gasteiger partial charge in [-0.3, -0.25) is 4.79 Å². The fourth-order valence-electron chi connectivity index (χ4n) is 3.27. The Labute approximate surface area is 216 Å². The number of ketones is 1. The standard InChI is InChI=1S/C25H34N2O7S2/c1-5-7-11-34-25(30)27-36(31,32)24-21(14-20(35-24)12-17(3)4)19-10-8-9-18(13-19)15-26-16-22(28)23(29)33-6-2/h8-10,13-14,17,26H,5-7,11-12,15-16H2,1-4H3,(H,27,30). The van der Waals surface area contributed by atoms with Gasteiger partial charge in [0, 0.05) is 17.0 Å². The number of ether oxygens (including phenoxy) is 2. The molecule has 2 N–H and O–H groups in total. The smallest absolute Gasteiger partial charge is 0.421 e. The summed E-state index contributed by atoms with van der Waals surface area (Å²) < 4.78 is 38.0. The van der Waals surface area contributed by atoms with Crippen LogP contribution in [0.15, 0.2) is 34.5 Å². The van der Waals surface area contributed by atoms with E-state index >= 15 is 0 Å². The summed E-state index contributed by atoms with van der Waals surface area (Å²) in [5.74, 6) is -1.24. The van der Waals surface area contributed by atoms with Gasteiger partial charge in [-0.25, -0.2) is 22.7 Å². The van der Waals surface area contributed by atoms with Crippen LogP contribution in [0.25, 0.3) is 11.1 Å².